The Kier molecular flexibility index (Phi) is 12.3. The molecule has 0 aromatic heterocycles. The molecule has 0 aliphatic heterocycles. The van der Waals surface area contributed by atoms with Crippen molar-refractivity contribution >= 4 is 14.8 Å². The lowest BCUT2D eigenvalue weighted by Crippen LogP contribution is -2.49. The average molecular weight is 442 g/mol. The fourth-order valence-corrected chi connectivity index (χ4v) is 6.44. The van der Waals surface area contributed by atoms with Crippen molar-refractivity contribution in [3.63, 3.8) is 0 Å². The third-order valence-electron chi connectivity index (χ3n) is 6.74. The standard InChI is InChI=1S/C23H47N3O3Si/c1-5-6-18-26(19-13-20-30(27-2,28-3)29-4)23(24-21-14-9-7-10-15-21)25-22-16-11-8-12-17-22/h21-22H,5-20H2,1-4H3,(H,24,25). The second kappa shape index (κ2) is 14.4. The third-order valence-corrected chi connectivity index (χ3v) is 9.58. The van der Waals surface area contributed by atoms with E-state index < -0.39 is 8.80 Å². The quantitative estimate of drug-likeness (QED) is 0.263. The van der Waals surface area contributed by atoms with Crippen LogP contribution < -0.4 is 5.32 Å². The van der Waals surface area contributed by atoms with Gasteiger partial charge < -0.3 is 23.5 Å². The molecule has 0 unspecified atom stereocenters. The summed E-state index contributed by atoms with van der Waals surface area (Å²) < 4.78 is 16.9. The van der Waals surface area contributed by atoms with Crippen LogP contribution in [0.4, 0.5) is 0 Å². The maximum Gasteiger partial charge on any atom is 0.500 e. The van der Waals surface area contributed by atoms with Gasteiger partial charge in [-0.1, -0.05) is 51.9 Å². The molecular weight excluding hydrogens is 394 g/mol. The number of rotatable bonds is 12. The molecule has 0 aromatic rings. The first kappa shape index (κ1) is 25.6. The van der Waals surface area contributed by atoms with Gasteiger partial charge in [-0.2, -0.15) is 0 Å². The smallest absolute Gasteiger partial charge is 0.377 e. The zero-order valence-electron chi connectivity index (χ0n) is 20.1. The molecule has 0 amide bonds. The van der Waals surface area contributed by atoms with E-state index in [-0.39, 0.29) is 0 Å². The Labute approximate surface area is 186 Å². The zero-order chi connectivity index (χ0) is 21.7. The third kappa shape index (κ3) is 8.48. The SMILES string of the molecule is CCCCN(CCC[Si](OC)(OC)OC)C(=NC1CCCCC1)NC1CCCCC1. The minimum absolute atomic E-state index is 0.486. The highest BCUT2D eigenvalue weighted by atomic mass is 28.4. The van der Waals surface area contributed by atoms with Crippen LogP contribution in [-0.2, 0) is 13.3 Å². The summed E-state index contributed by atoms with van der Waals surface area (Å²) in [6.07, 6.45) is 16.5. The lowest BCUT2D eigenvalue weighted by Gasteiger charge is -2.33. The van der Waals surface area contributed by atoms with Gasteiger partial charge >= 0.3 is 8.80 Å². The predicted octanol–water partition coefficient (Wildman–Crippen LogP) is 4.97. The molecule has 1 N–H and O–H groups in total. The molecular formula is C23H47N3O3Si. The summed E-state index contributed by atoms with van der Waals surface area (Å²) in [6, 6.07) is 1.90. The maximum atomic E-state index is 5.63. The van der Waals surface area contributed by atoms with E-state index in [4.69, 9.17) is 18.3 Å². The van der Waals surface area contributed by atoms with E-state index in [1.165, 1.54) is 77.0 Å². The largest absolute Gasteiger partial charge is 0.500 e. The van der Waals surface area contributed by atoms with Crippen molar-refractivity contribution in [2.75, 3.05) is 34.4 Å². The highest BCUT2D eigenvalue weighted by molar-refractivity contribution is 6.60. The number of hydrogen-bond donors (Lipinski definition) is 1. The molecule has 0 heterocycles. The molecule has 0 bridgehead atoms. The highest BCUT2D eigenvalue weighted by Gasteiger charge is 2.37. The van der Waals surface area contributed by atoms with Crippen LogP contribution in [0.3, 0.4) is 0 Å². The molecule has 6 nitrogen and oxygen atoms in total. The van der Waals surface area contributed by atoms with E-state index in [1.54, 1.807) is 21.3 Å². The van der Waals surface area contributed by atoms with Gasteiger partial charge in [0.1, 0.15) is 0 Å². The number of nitrogens with one attached hydrogen (secondary N) is 1. The molecule has 0 saturated heterocycles. The summed E-state index contributed by atoms with van der Waals surface area (Å²) >= 11 is 0. The number of nitrogens with zero attached hydrogens (tertiary/aromatic N) is 2. The van der Waals surface area contributed by atoms with Crippen LogP contribution in [0.25, 0.3) is 0 Å². The number of aliphatic imine (C=N–C) groups is 1. The lowest BCUT2D eigenvalue weighted by molar-refractivity contribution is 0.122. The molecule has 0 atom stereocenters. The average Bonchev–Trinajstić information content (AvgIpc) is 2.80. The van der Waals surface area contributed by atoms with Crippen LogP contribution >= 0.6 is 0 Å². The predicted molar refractivity (Wildman–Crippen MR) is 127 cm³/mol. The van der Waals surface area contributed by atoms with Crippen LogP contribution in [0, 0.1) is 0 Å². The van der Waals surface area contributed by atoms with Gasteiger partial charge in [-0.25, -0.2) is 4.99 Å². The molecule has 2 fully saturated rings. The van der Waals surface area contributed by atoms with E-state index in [0.29, 0.717) is 12.1 Å². The Morgan fingerprint density at radius 3 is 2.00 bits per heavy atom. The molecule has 7 heteroatoms. The number of unbranched alkanes of at least 4 members (excludes halogenated alkanes) is 1. The topological polar surface area (TPSA) is 55.3 Å². The second-order valence-electron chi connectivity index (χ2n) is 8.96. The summed E-state index contributed by atoms with van der Waals surface area (Å²) in [4.78, 5) is 7.81. The van der Waals surface area contributed by atoms with Gasteiger partial charge in [-0.15, -0.1) is 0 Å². The molecule has 2 aliphatic rings. The van der Waals surface area contributed by atoms with Gasteiger partial charge in [-0.05, 0) is 38.5 Å². The molecule has 2 aliphatic carbocycles. The Hall–Kier alpha value is -0.633. The molecule has 2 saturated carbocycles. The Morgan fingerprint density at radius 1 is 0.867 bits per heavy atom. The van der Waals surface area contributed by atoms with Crippen molar-refractivity contribution < 1.29 is 13.3 Å². The van der Waals surface area contributed by atoms with Crippen LogP contribution in [0.1, 0.15) is 90.4 Å². The first-order valence-electron chi connectivity index (χ1n) is 12.4. The lowest BCUT2D eigenvalue weighted by atomic mass is 9.95. The Morgan fingerprint density at radius 2 is 1.43 bits per heavy atom. The van der Waals surface area contributed by atoms with Crippen molar-refractivity contribution in [3.05, 3.63) is 0 Å². The van der Waals surface area contributed by atoms with E-state index in [0.717, 1.165) is 31.5 Å². The molecule has 30 heavy (non-hydrogen) atoms. The van der Waals surface area contributed by atoms with Crippen LogP contribution in [0.15, 0.2) is 4.99 Å². The summed E-state index contributed by atoms with van der Waals surface area (Å²) in [5.74, 6) is 1.15. The second-order valence-corrected chi connectivity index (χ2v) is 12.1. The summed E-state index contributed by atoms with van der Waals surface area (Å²) in [5.41, 5.74) is 0. The Bertz CT molecular complexity index is 468. The van der Waals surface area contributed by atoms with Crippen molar-refractivity contribution in [1.29, 1.82) is 0 Å². The van der Waals surface area contributed by atoms with Crippen LogP contribution in [-0.4, -0.2) is 66.2 Å². The summed E-state index contributed by atoms with van der Waals surface area (Å²) in [7, 11) is 2.59. The van der Waals surface area contributed by atoms with E-state index in [2.05, 4.69) is 17.1 Å². The van der Waals surface area contributed by atoms with Gasteiger partial charge in [-0.3, -0.25) is 0 Å². The van der Waals surface area contributed by atoms with Crippen molar-refractivity contribution in [2.45, 2.75) is 109 Å². The minimum atomic E-state index is -2.52. The first-order chi connectivity index (χ1) is 14.7. The van der Waals surface area contributed by atoms with Crippen molar-refractivity contribution in [2.24, 2.45) is 4.99 Å². The molecule has 0 radical (unpaired) electrons. The normalized spacial score (nSPS) is 19.8. The van der Waals surface area contributed by atoms with Crippen LogP contribution in [0.2, 0.25) is 6.04 Å². The van der Waals surface area contributed by atoms with E-state index >= 15 is 0 Å². The minimum Gasteiger partial charge on any atom is -0.377 e. The zero-order valence-corrected chi connectivity index (χ0v) is 21.1. The maximum absolute atomic E-state index is 5.63. The van der Waals surface area contributed by atoms with E-state index in [1.807, 2.05) is 0 Å². The fraction of sp³-hybridized carbons (Fsp3) is 0.957. The van der Waals surface area contributed by atoms with Gasteiger partial charge in [0.2, 0.25) is 0 Å². The van der Waals surface area contributed by atoms with Gasteiger partial charge in [0.15, 0.2) is 5.96 Å². The molecule has 176 valence electrons. The van der Waals surface area contributed by atoms with Gasteiger partial charge in [0, 0.05) is 46.5 Å². The first-order valence-corrected chi connectivity index (χ1v) is 14.3. The molecule has 0 spiro atoms. The van der Waals surface area contributed by atoms with Gasteiger partial charge in [0.05, 0.1) is 6.04 Å². The molecule has 2 rings (SSSR count). The highest BCUT2D eigenvalue weighted by Crippen LogP contribution is 2.22. The molecule has 0 aromatic carbocycles. The fourth-order valence-electron chi connectivity index (χ4n) is 4.74. The van der Waals surface area contributed by atoms with Crippen molar-refractivity contribution in [3.8, 4) is 0 Å². The van der Waals surface area contributed by atoms with Gasteiger partial charge in [0.25, 0.3) is 0 Å². The Balaban J connectivity index is 2.08. The van der Waals surface area contributed by atoms with Crippen molar-refractivity contribution in [1.82, 2.24) is 10.2 Å². The van der Waals surface area contributed by atoms with Crippen LogP contribution in [0.5, 0.6) is 0 Å². The number of hydrogen-bond acceptors (Lipinski definition) is 4. The summed E-state index contributed by atoms with van der Waals surface area (Å²) in [6.45, 7) is 4.29. The van der Waals surface area contributed by atoms with E-state index in [9.17, 15) is 0 Å². The number of guanidine groups is 1. The summed E-state index contributed by atoms with van der Waals surface area (Å²) in [5, 5.41) is 3.90. The monoisotopic (exact) mass is 441 g/mol.